The average Bonchev–Trinajstić information content (AvgIpc) is 3.22. The van der Waals surface area contributed by atoms with Gasteiger partial charge in [-0.2, -0.15) is 0 Å². The molecule has 182 valence electrons. The monoisotopic (exact) mass is 450 g/mol. The van der Waals surface area contributed by atoms with Crippen molar-refractivity contribution >= 4 is 17.8 Å². The molecule has 3 atom stereocenters. The number of carbonyl (C=O) groups is 3. The Morgan fingerprint density at radius 3 is 2.53 bits per heavy atom. The van der Waals surface area contributed by atoms with Gasteiger partial charge in [-0.1, -0.05) is 32.9 Å². The zero-order valence-corrected chi connectivity index (χ0v) is 20.1. The highest BCUT2D eigenvalue weighted by Crippen LogP contribution is 2.23. The molecule has 1 rings (SSSR count). The summed E-state index contributed by atoms with van der Waals surface area (Å²) in [6.07, 6.45) is 8.39. The van der Waals surface area contributed by atoms with E-state index >= 15 is 0 Å². The number of nitrogens with zero attached hydrogens (tertiary/aromatic N) is 1. The van der Waals surface area contributed by atoms with E-state index in [1.165, 1.54) is 0 Å². The number of nitrogens with one attached hydrogen (secondary N) is 1. The van der Waals surface area contributed by atoms with E-state index in [-0.39, 0.29) is 54.9 Å². The van der Waals surface area contributed by atoms with E-state index in [9.17, 15) is 19.5 Å². The van der Waals surface area contributed by atoms with Gasteiger partial charge < -0.3 is 20.1 Å². The van der Waals surface area contributed by atoms with Gasteiger partial charge in [0.2, 0.25) is 11.8 Å². The van der Waals surface area contributed by atoms with Crippen LogP contribution in [0.25, 0.3) is 0 Å². The van der Waals surface area contributed by atoms with Crippen LogP contribution in [0.2, 0.25) is 0 Å². The van der Waals surface area contributed by atoms with Gasteiger partial charge >= 0.3 is 5.97 Å². The van der Waals surface area contributed by atoms with Crippen LogP contribution in [0.4, 0.5) is 0 Å². The molecule has 0 spiro atoms. The molecule has 32 heavy (non-hydrogen) atoms. The maximum absolute atomic E-state index is 13.1. The smallest absolute Gasteiger partial charge is 0.305 e. The molecule has 7 nitrogen and oxygen atoms in total. The van der Waals surface area contributed by atoms with Gasteiger partial charge in [0.1, 0.15) is 6.61 Å². The highest BCUT2D eigenvalue weighted by atomic mass is 16.5. The van der Waals surface area contributed by atoms with Crippen molar-refractivity contribution in [2.75, 3.05) is 19.8 Å². The van der Waals surface area contributed by atoms with Gasteiger partial charge in [0.25, 0.3) is 0 Å². The zero-order valence-electron chi connectivity index (χ0n) is 20.1. The third kappa shape index (κ3) is 9.55. The van der Waals surface area contributed by atoms with E-state index in [4.69, 9.17) is 4.74 Å². The third-order valence-corrected chi connectivity index (χ3v) is 5.96. The maximum Gasteiger partial charge on any atom is 0.305 e. The molecule has 0 aliphatic carbocycles. The van der Waals surface area contributed by atoms with Gasteiger partial charge in [-0.3, -0.25) is 14.4 Å². The summed E-state index contributed by atoms with van der Waals surface area (Å²) in [5, 5.41) is 12.5. The number of allylic oxidation sites excluding steroid dienone is 2. The third-order valence-electron chi connectivity index (χ3n) is 5.96. The Hall–Kier alpha value is -2.15. The molecule has 1 fully saturated rings. The first-order valence-electron chi connectivity index (χ1n) is 11.7. The molecule has 7 heteroatoms. The molecular formula is C25H42N2O5. The van der Waals surface area contributed by atoms with Gasteiger partial charge in [0, 0.05) is 19.4 Å². The van der Waals surface area contributed by atoms with Crippen LogP contribution in [-0.2, 0) is 19.1 Å². The van der Waals surface area contributed by atoms with Crippen molar-refractivity contribution in [1.29, 1.82) is 0 Å². The van der Waals surface area contributed by atoms with Crippen molar-refractivity contribution in [2.45, 2.75) is 84.2 Å². The number of rotatable bonds is 14. The molecule has 1 aliphatic heterocycles. The minimum absolute atomic E-state index is 0.0604. The number of amides is 2. The number of ether oxygens (including phenoxy) is 1. The van der Waals surface area contributed by atoms with Gasteiger partial charge in [0.05, 0.1) is 24.6 Å². The van der Waals surface area contributed by atoms with Crippen molar-refractivity contribution in [3.05, 3.63) is 25.3 Å². The Labute approximate surface area is 193 Å². The Balaban J connectivity index is 2.70. The summed E-state index contributed by atoms with van der Waals surface area (Å²) >= 11 is 0. The van der Waals surface area contributed by atoms with Crippen molar-refractivity contribution in [1.82, 2.24) is 10.2 Å². The summed E-state index contributed by atoms with van der Waals surface area (Å²) in [4.78, 5) is 39.6. The van der Waals surface area contributed by atoms with Crippen LogP contribution in [0, 0.1) is 11.3 Å². The first-order valence-corrected chi connectivity index (χ1v) is 11.7. The van der Waals surface area contributed by atoms with E-state index in [2.05, 4.69) is 18.5 Å². The van der Waals surface area contributed by atoms with Crippen LogP contribution < -0.4 is 5.32 Å². The first-order chi connectivity index (χ1) is 15.1. The Morgan fingerprint density at radius 2 is 1.94 bits per heavy atom. The fourth-order valence-corrected chi connectivity index (χ4v) is 3.77. The predicted octanol–water partition coefficient (Wildman–Crippen LogP) is 3.37. The molecule has 0 aromatic heterocycles. The Bertz CT molecular complexity index is 641. The topological polar surface area (TPSA) is 95.9 Å². The van der Waals surface area contributed by atoms with Gasteiger partial charge in [-0.15, -0.1) is 13.2 Å². The minimum atomic E-state index is -0.556. The lowest BCUT2D eigenvalue weighted by Gasteiger charge is -2.32. The molecular weight excluding hydrogens is 408 g/mol. The molecule has 3 unspecified atom stereocenters. The molecule has 0 radical (unpaired) electrons. The average molecular weight is 451 g/mol. The quantitative estimate of drug-likeness (QED) is 0.240. The molecule has 0 bridgehead atoms. The fraction of sp³-hybridized carbons (Fsp3) is 0.720. The van der Waals surface area contributed by atoms with E-state index in [1.54, 1.807) is 11.0 Å². The second kappa shape index (κ2) is 14.1. The van der Waals surface area contributed by atoms with E-state index in [0.717, 1.165) is 32.1 Å². The van der Waals surface area contributed by atoms with Crippen LogP contribution in [0.3, 0.4) is 0 Å². The number of esters is 1. The maximum atomic E-state index is 13.1. The second-order valence-electron chi connectivity index (χ2n) is 9.64. The molecule has 0 aromatic rings. The normalized spacial score (nSPS) is 18.0. The van der Waals surface area contributed by atoms with E-state index in [1.807, 2.05) is 26.8 Å². The van der Waals surface area contributed by atoms with Crippen LogP contribution in [-0.4, -0.2) is 59.6 Å². The van der Waals surface area contributed by atoms with Crippen LogP contribution in [0.5, 0.6) is 0 Å². The lowest BCUT2D eigenvalue weighted by molar-refractivity contribution is -0.146. The van der Waals surface area contributed by atoms with Gasteiger partial charge in [0.15, 0.2) is 0 Å². The first kappa shape index (κ1) is 27.9. The number of aliphatic hydroxyl groups excluding tert-OH is 1. The molecule has 1 saturated heterocycles. The summed E-state index contributed by atoms with van der Waals surface area (Å²) in [6.45, 7) is 13.9. The number of hydrogen-bond donors (Lipinski definition) is 2. The SMILES string of the molecule is C=CCCCCC(=O)OCC(NC(=O)C(CC=C)CC(=O)N1CCCC1CO)C(C)(C)C. The van der Waals surface area contributed by atoms with Crippen LogP contribution in [0.1, 0.15) is 72.1 Å². The van der Waals surface area contributed by atoms with Gasteiger partial charge in [-0.05, 0) is 43.9 Å². The second-order valence-corrected chi connectivity index (χ2v) is 9.64. The van der Waals surface area contributed by atoms with Crippen molar-refractivity contribution < 1.29 is 24.2 Å². The van der Waals surface area contributed by atoms with Crippen molar-refractivity contribution in [2.24, 2.45) is 11.3 Å². The molecule has 2 amide bonds. The number of unbranched alkanes of at least 4 members (excludes halogenated alkanes) is 2. The fourth-order valence-electron chi connectivity index (χ4n) is 3.77. The summed E-state index contributed by atoms with van der Waals surface area (Å²) in [5.41, 5.74) is -0.335. The van der Waals surface area contributed by atoms with Gasteiger partial charge in [-0.25, -0.2) is 0 Å². The number of hydrogen-bond acceptors (Lipinski definition) is 5. The van der Waals surface area contributed by atoms with Crippen molar-refractivity contribution in [3.8, 4) is 0 Å². The lowest BCUT2D eigenvalue weighted by Crippen LogP contribution is -2.49. The summed E-state index contributed by atoms with van der Waals surface area (Å²) < 4.78 is 5.44. The predicted molar refractivity (Wildman–Crippen MR) is 126 cm³/mol. The highest BCUT2D eigenvalue weighted by Gasteiger charge is 2.33. The molecule has 2 N–H and O–H groups in total. The van der Waals surface area contributed by atoms with Crippen molar-refractivity contribution in [3.63, 3.8) is 0 Å². The van der Waals surface area contributed by atoms with Crippen LogP contribution in [0.15, 0.2) is 25.3 Å². The molecule has 0 aromatic carbocycles. The van der Waals surface area contributed by atoms with Crippen LogP contribution >= 0.6 is 0 Å². The summed E-state index contributed by atoms with van der Waals surface area (Å²) in [5.74, 6) is -1.21. The Morgan fingerprint density at radius 1 is 1.22 bits per heavy atom. The number of carbonyl (C=O) groups excluding carboxylic acids is 3. The standard InChI is InChI=1S/C25H42N2O5/c1-6-8-9-10-14-23(30)32-18-21(25(3,4)5)26-24(31)19(12-7-2)16-22(29)27-15-11-13-20(27)17-28/h6-7,19-21,28H,1-2,8-18H2,3-5H3,(H,26,31). The molecule has 1 heterocycles. The summed E-state index contributed by atoms with van der Waals surface area (Å²) in [6, 6.07) is -0.547. The van der Waals surface area contributed by atoms with E-state index < -0.39 is 5.92 Å². The lowest BCUT2D eigenvalue weighted by atomic mass is 9.86. The number of aliphatic hydroxyl groups is 1. The van der Waals surface area contributed by atoms with E-state index in [0.29, 0.717) is 19.4 Å². The summed E-state index contributed by atoms with van der Waals surface area (Å²) in [7, 11) is 0. The Kier molecular flexibility index (Phi) is 12.3. The molecule has 1 aliphatic rings. The molecule has 0 saturated carbocycles. The largest absolute Gasteiger partial charge is 0.463 e. The number of likely N-dealkylation sites (tertiary alicyclic amines) is 1. The minimum Gasteiger partial charge on any atom is -0.463 e. The highest BCUT2D eigenvalue weighted by molar-refractivity contribution is 5.86. The zero-order chi connectivity index (χ0) is 24.1.